The van der Waals surface area contributed by atoms with Crippen LogP contribution in [0.3, 0.4) is 0 Å². The molecule has 0 bridgehead atoms. The van der Waals surface area contributed by atoms with E-state index in [4.69, 9.17) is 5.73 Å². The highest BCUT2D eigenvalue weighted by Crippen LogP contribution is 2.03. The van der Waals surface area contributed by atoms with Crippen molar-refractivity contribution >= 4 is 17.7 Å². The van der Waals surface area contributed by atoms with E-state index in [1.807, 2.05) is 26.0 Å². The Morgan fingerprint density at radius 1 is 1.50 bits per heavy atom. The van der Waals surface area contributed by atoms with Gasteiger partial charge in [0.15, 0.2) is 5.96 Å². The summed E-state index contributed by atoms with van der Waals surface area (Å²) < 4.78 is 0. The zero-order valence-corrected chi connectivity index (χ0v) is 11.9. The number of aryl methyl sites for hydroxylation is 1. The lowest BCUT2D eigenvalue weighted by Gasteiger charge is -2.07. The van der Waals surface area contributed by atoms with E-state index in [2.05, 4.69) is 27.2 Å². The fourth-order valence-corrected chi connectivity index (χ4v) is 1.40. The molecule has 20 heavy (non-hydrogen) atoms. The predicted molar refractivity (Wildman–Crippen MR) is 81.5 cm³/mol. The van der Waals surface area contributed by atoms with Crippen LogP contribution in [0.2, 0.25) is 0 Å². The molecule has 6 heteroatoms. The van der Waals surface area contributed by atoms with Crippen molar-refractivity contribution in [3.05, 3.63) is 36.0 Å². The number of amides is 1. The van der Waals surface area contributed by atoms with Gasteiger partial charge in [-0.2, -0.15) is 0 Å². The van der Waals surface area contributed by atoms with Crippen LogP contribution in [0, 0.1) is 6.92 Å². The topological polar surface area (TPSA) is 92.4 Å². The van der Waals surface area contributed by atoms with Crippen LogP contribution in [-0.2, 0) is 4.79 Å². The summed E-state index contributed by atoms with van der Waals surface area (Å²) >= 11 is 0. The van der Waals surface area contributed by atoms with Gasteiger partial charge in [0.25, 0.3) is 0 Å². The van der Waals surface area contributed by atoms with Crippen LogP contribution < -0.4 is 16.4 Å². The molecule has 6 nitrogen and oxygen atoms in total. The van der Waals surface area contributed by atoms with Gasteiger partial charge in [-0.25, -0.2) is 9.98 Å². The van der Waals surface area contributed by atoms with Crippen molar-refractivity contribution in [3.8, 4) is 0 Å². The monoisotopic (exact) mass is 275 g/mol. The summed E-state index contributed by atoms with van der Waals surface area (Å²) in [5, 5.41) is 5.59. The third-order valence-electron chi connectivity index (χ3n) is 2.33. The van der Waals surface area contributed by atoms with E-state index in [1.54, 1.807) is 6.07 Å². The highest BCUT2D eigenvalue weighted by molar-refractivity contribution is 5.90. The van der Waals surface area contributed by atoms with Gasteiger partial charge in [-0.3, -0.25) is 4.79 Å². The van der Waals surface area contributed by atoms with Crippen molar-refractivity contribution in [2.45, 2.75) is 20.3 Å². The van der Waals surface area contributed by atoms with Crippen LogP contribution in [0.4, 0.5) is 5.82 Å². The molecule has 4 N–H and O–H groups in total. The van der Waals surface area contributed by atoms with Crippen molar-refractivity contribution in [2.75, 3.05) is 18.4 Å². The molecule has 1 heterocycles. The fourth-order valence-electron chi connectivity index (χ4n) is 1.40. The summed E-state index contributed by atoms with van der Waals surface area (Å²) in [6, 6.07) is 5.47. The Labute approximate surface area is 119 Å². The minimum atomic E-state index is -0.122. The number of anilines is 1. The molecule has 0 aliphatic rings. The second-order valence-electron chi connectivity index (χ2n) is 4.55. The van der Waals surface area contributed by atoms with E-state index in [1.165, 1.54) is 0 Å². The molecule has 0 saturated heterocycles. The maximum absolute atomic E-state index is 11.7. The Bertz CT molecular complexity index is 510. The van der Waals surface area contributed by atoms with Gasteiger partial charge >= 0.3 is 0 Å². The number of carbonyl (C=O) groups excluding carboxylic acids is 1. The minimum Gasteiger partial charge on any atom is -0.370 e. The van der Waals surface area contributed by atoms with Gasteiger partial charge in [0.1, 0.15) is 5.82 Å². The Hall–Kier alpha value is -2.37. The van der Waals surface area contributed by atoms with Crippen molar-refractivity contribution in [3.63, 3.8) is 0 Å². The zero-order valence-electron chi connectivity index (χ0n) is 11.9. The number of hydrogen-bond acceptors (Lipinski definition) is 3. The Morgan fingerprint density at radius 3 is 2.90 bits per heavy atom. The normalized spacial score (nSPS) is 11.0. The third kappa shape index (κ3) is 6.53. The number of aromatic nitrogens is 1. The molecule has 0 unspecified atom stereocenters. The van der Waals surface area contributed by atoms with E-state index in [9.17, 15) is 4.79 Å². The summed E-state index contributed by atoms with van der Waals surface area (Å²) in [6.45, 7) is 8.38. The van der Waals surface area contributed by atoms with Gasteiger partial charge in [0.05, 0.1) is 6.54 Å². The quantitative estimate of drug-likeness (QED) is 0.413. The van der Waals surface area contributed by atoms with Gasteiger partial charge in [-0.1, -0.05) is 18.2 Å². The van der Waals surface area contributed by atoms with Gasteiger partial charge in [0, 0.05) is 18.7 Å². The van der Waals surface area contributed by atoms with Crippen molar-refractivity contribution in [1.29, 1.82) is 0 Å². The Morgan fingerprint density at radius 2 is 2.25 bits per heavy atom. The fraction of sp³-hybridized carbons (Fsp3) is 0.357. The summed E-state index contributed by atoms with van der Waals surface area (Å²) in [5.74, 6) is 0.747. The summed E-state index contributed by atoms with van der Waals surface area (Å²) in [5.41, 5.74) is 7.42. The molecule has 0 aliphatic heterocycles. The zero-order chi connectivity index (χ0) is 15.0. The first kappa shape index (κ1) is 15.7. The van der Waals surface area contributed by atoms with E-state index < -0.39 is 0 Å². The van der Waals surface area contributed by atoms with Crippen LogP contribution >= 0.6 is 0 Å². The number of nitrogens with two attached hydrogens (primary N) is 1. The van der Waals surface area contributed by atoms with Crippen molar-refractivity contribution < 1.29 is 4.79 Å². The number of guanidine groups is 1. The third-order valence-corrected chi connectivity index (χ3v) is 2.33. The number of rotatable bonds is 6. The van der Waals surface area contributed by atoms with Crippen molar-refractivity contribution in [2.24, 2.45) is 10.7 Å². The number of hydrogen-bond donors (Lipinski definition) is 3. The maximum atomic E-state index is 11.7. The van der Waals surface area contributed by atoms with E-state index in [0.717, 1.165) is 11.3 Å². The molecule has 1 amide bonds. The van der Waals surface area contributed by atoms with Gasteiger partial charge in [-0.15, -0.1) is 0 Å². The molecule has 1 aromatic heterocycles. The first-order valence-electron chi connectivity index (χ1n) is 6.39. The van der Waals surface area contributed by atoms with Crippen LogP contribution in [0.15, 0.2) is 35.3 Å². The average molecular weight is 275 g/mol. The average Bonchev–Trinajstić information content (AvgIpc) is 2.36. The van der Waals surface area contributed by atoms with E-state index in [0.29, 0.717) is 31.3 Å². The molecule has 1 rings (SSSR count). The Kier molecular flexibility index (Phi) is 6.22. The second-order valence-corrected chi connectivity index (χ2v) is 4.55. The molecule has 0 radical (unpaired) electrons. The number of pyridine rings is 1. The predicted octanol–water partition coefficient (Wildman–Crippen LogP) is 1.20. The molecule has 0 spiro atoms. The standard InChI is InChI=1S/C14H21N5O/c1-10(2)9-17-14(15)16-8-7-13(20)19-12-6-4-5-11(3)18-12/h4-6H,1,7-9H2,2-3H3,(H3,15,16,17)(H,18,19,20). The van der Waals surface area contributed by atoms with Crippen LogP contribution in [0.5, 0.6) is 0 Å². The molecule has 1 aromatic rings. The van der Waals surface area contributed by atoms with Gasteiger partial charge in [0.2, 0.25) is 5.91 Å². The molecular formula is C14H21N5O. The molecule has 0 aliphatic carbocycles. The summed E-state index contributed by atoms with van der Waals surface area (Å²) in [4.78, 5) is 19.9. The maximum Gasteiger partial charge on any atom is 0.227 e. The molecule has 0 saturated carbocycles. The summed E-state index contributed by atoms with van der Waals surface area (Å²) in [6.07, 6.45) is 0.291. The number of aliphatic imine (C=N–C) groups is 1. The lowest BCUT2D eigenvalue weighted by molar-refractivity contribution is -0.116. The van der Waals surface area contributed by atoms with Gasteiger partial charge < -0.3 is 16.4 Å². The van der Waals surface area contributed by atoms with Crippen molar-refractivity contribution in [1.82, 2.24) is 10.3 Å². The lowest BCUT2D eigenvalue weighted by Crippen LogP contribution is -2.34. The van der Waals surface area contributed by atoms with E-state index in [-0.39, 0.29) is 5.91 Å². The first-order valence-corrected chi connectivity index (χ1v) is 6.39. The SMILES string of the molecule is C=C(C)CN=C(N)NCCC(=O)Nc1cccc(C)n1. The summed E-state index contributed by atoms with van der Waals surface area (Å²) in [7, 11) is 0. The van der Waals surface area contributed by atoms with Crippen LogP contribution in [-0.4, -0.2) is 29.9 Å². The molecular weight excluding hydrogens is 254 g/mol. The molecule has 108 valence electrons. The minimum absolute atomic E-state index is 0.122. The lowest BCUT2D eigenvalue weighted by atomic mass is 10.3. The number of carbonyl (C=O) groups is 1. The molecule has 0 fully saturated rings. The number of nitrogens with zero attached hydrogens (tertiary/aromatic N) is 2. The van der Waals surface area contributed by atoms with Crippen LogP contribution in [0.1, 0.15) is 19.0 Å². The molecule has 0 atom stereocenters. The van der Waals surface area contributed by atoms with E-state index >= 15 is 0 Å². The second kappa shape index (κ2) is 7.93. The smallest absolute Gasteiger partial charge is 0.227 e. The number of nitrogens with one attached hydrogen (secondary N) is 2. The highest BCUT2D eigenvalue weighted by atomic mass is 16.1. The molecule has 0 aromatic carbocycles. The first-order chi connectivity index (χ1) is 9.47. The van der Waals surface area contributed by atoms with Crippen LogP contribution in [0.25, 0.3) is 0 Å². The largest absolute Gasteiger partial charge is 0.370 e. The van der Waals surface area contributed by atoms with Gasteiger partial charge in [-0.05, 0) is 26.0 Å². The highest BCUT2D eigenvalue weighted by Gasteiger charge is 2.03. The Balaban J connectivity index is 2.30.